The molecule has 0 atom stereocenters. The van der Waals surface area contributed by atoms with Crippen LogP contribution in [0.1, 0.15) is 34.6 Å². The van der Waals surface area contributed by atoms with E-state index in [1.807, 2.05) is 46.8 Å². The van der Waals surface area contributed by atoms with Gasteiger partial charge in [0.05, 0.1) is 5.02 Å². The van der Waals surface area contributed by atoms with E-state index in [1.54, 1.807) is 18.2 Å². The van der Waals surface area contributed by atoms with Gasteiger partial charge in [0.25, 0.3) is 0 Å². The van der Waals surface area contributed by atoms with E-state index in [-0.39, 0.29) is 0 Å². The van der Waals surface area contributed by atoms with Gasteiger partial charge >= 0.3 is 0 Å². The van der Waals surface area contributed by atoms with Gasteiger partial charge in [-0.05, 0) is 25.1 Å². The van der Waals surface area contributed by atoms with E-state index >= 15 is 0 Å². The zero-order valence-electron chi connectivity index (χ0n) is 11.3. The van der Waals surface area contributed by atoms with Crippen LogP contribution < -0.4 is 4.74 Å². The highest BCUT2D eigenvalue weighted by Gasteiger charge is 2.00. The first-order valence-electron chi connectivity index (χ1n) is 5.93. The number of ether oxygens (including phenoxy) is 1. The van der Waals surface area contributed by atoms with Gasteiger partial charge in [-0.15, -0.1) is 0 Å². The summed E-state index contributed by atoms with van der Waals surface area (Å²) >= 11 is 11.6. The minimum Gasteiger partial charge on any atom is -0.488 e. The molecule has 0 aliphatic carbocycles. The highest BCUT2D eigenvalue weighted by molar-refractivity contribution is 6.35. The Morgan fingerprint density at radius 2 is 1.71 bits per heavy atom. The number of allylic oxidation sites excluding steroid dienone is 1. The smallest absolute Gasteiger partial charge is 0.138 e. The fraction of sp³-hybridized carbons (Fsp3) is 0.429. The van der Waals surface area contributed by atoms with Crippen LogP contribution in [0.3, 0.4) is 0 Å². The molecule has 1 aromatic carbocycles. The van der Waals surface area contributed by atoms with Gasteiger partial charge < -0.3 is 4.74 Å². The predicted octanol–water partition coefficient (Wildman–Crippen LogP) is 6.00. The van der Waals surface area contributed by atoms with Crippen molar-refractivity contribution in [3.63, 3.8) is 0 Å². The lowest BCUT2D eigenvalue weighted by Crippen LogP contribution is -1.93. The topological polar surface area (TPSA) is 9.23 Å². The molecule has 0 amide bonds. The predicted molar refractivity (Wildman–Crippen MR) is 79.5 cm³/mol. The van der Waals surface area contributed by atoms with Crippen molar-refractivity contribution in [2.24, 2.45) is 0 Å². The second-order valence-electron chi connectivity index (χ2n) is 2.45. The quantitative estimate of drug-likeness (QED) is 0.615. The van der Waals surface area contributed by atoms with E-state index in [1.165, 1.54) is 0 Å². The van der Waals surface area contributed by atoms with E-state index in [4.69, 9.17) is 27.9 Å². The zero-order chi connectivity index (χ0) is 13.7. The van der Waals surface area contributed by atoms with E-state index in [2.05, 4.69) is 0 Å². The van der Waals surface area contributed by atoms with Gasteiger partial charge in [0.1, 0.15) is 12.4 Å². The van der Waals surface area contributed by atoms with Crippen LogP contribution in [0.25, 0.3) is 0 Å². The van der Waals surface area contributed by atoms with Gasteiger partial charge in [-0.1, -0.05) is 63.0 Å². The van der Waals surface area contributed by atoms with E-state index < -0.39 is 0 Å². The van der Waals surface area contributed by atoms with Gasteiger partial charge in [-0.3, -0.25) is 0 Å². The fourth-order valence-corrected chi connectivity index (χ4v) is 1.29. The van der Waals surface area contributed by atoms with Crippen molar-refractivity contribution in [2.75, 3.05) is 6.61 Å². The first-order chi connectivity index (χ1) is 8.24. The molecule has 1 rings (SSSR count). The van der Waals surface area contributed by atoms with Crippen molar-refractivity contribution in [1.82, 2.24) is 0 Å². The SMILES string of the molecule is C/C=C\COc1ccc(Cl)cc1Cl.CC.CC. The Labute approximate surface area is 115 Å². The van der Waals surface area contributed by atoms with Gasteiger partial charge in [-0.2, -0.15) is 0 Å². The Morgan fingerprint density at radius 1 is 1.12 bits per heavy atom. The molecule has 0 saturated carbocycles. The molecule has 0 saturated heterocycles. The number of halogens is 2. The minimum atomic E-state index is 0.526. The lowest BCUT2D eigenvalue weighted by molar-refractivity contribution is 0.363. The van der Waals surface area contributed by atoms with E-state index in [0.29, 0.717) is 22.4 Å². The third kappa shape index (κ3) is 9.08. The van der Waals surface area contributed by atoms with Crippen LogP contribution in [0.15, 0.2) is 30.4 Å². The second-order valence-corrected chi connectivity index (χ2v) is 3.30. The molecular formula is C14H22Cl2O. The minimum absolute atomic E-state index is 0.526. The summed E-state index contributed by atoms with van der Waals surface area (Å²) in [5.41, 5.74) is 0. The fourth-order valence-electron chi connectivity index (χ4n) is 0.826. The first-order valence-corrected chi connectivity index (χ1v) is 6.68. The van der Waals surface area contributed by atoms with Crippen molar-refractivity contribution in [2.45, 2.75) is 34.6 Å². The van der Waals surface area contributed by atoms with Gasteiger partial charge in [0.2, 0.25) is 0 Å². The Morgan fingerprint density at radius 3 is 2.18 bits per heavy atom. The lowest BCUT2D eigenvalue weighted by Gasteiger charge is -2.04. The van der Waals surface area contributed by atoms with Crippen LogP contribution in [-0.2, 0) is 0 Å². The second kappa shape index (κ2) is 13.4. The third-order valence-electron chi connectivity index (χ3n) is 1.46. The average molecular weight is 277 g/mol. The normalized spacial score (nSPS) is 8.88. The monoisotopic (exact) mass is 276 g/mol. The maximum absolute atomic E-state index is 5.87. The summed E-state index contributed by atoms with van der Waals surface area (Å²) in [5.74, 6) is 0.657. The maximum Gasteiger partial charge on any atom is 0.138 e. The number of hydrogen-bond acceptors (Lipinski definition) is 1. The largest absolute Gasteiger partial charge is 0.488 e. The van der Waals surface area contributed by atoms with Crippen LogP contribution in [0, 0.1) is 0 Å². The Bertz CT molecular complexity index is 309. The molecule has 0 aliphatic rings. The van der Waals surface area contributed by atoms with Crippen LogP contribution in [0.4, 0.5) is 0 Å². The average Bonchev–Trinajstić information content (AvgIpc) is 2.37. The van der Waals surface area contributed by atoms with Crippen LogP contribution in [0.2, 0.25) is 10.0 Å². The summed E-state index contributed by atoms with van der Waals surface area (Å²) in [6, 6.07) is 5.17. The summed E-state index contributed by atoms with van der Waals surface area (Å²) in [6.45, 7) is 10.5. The van der Waals surface area contributed by atoms with Crippen molar-refractivity contribution >= 4 is 23.2 Å². The summed E-state index contributed by atoms with van der Waals surface area (Å²) in [6.07, 6.45) is 3.83. The van der Waals surface area contributed by atoms with Crippen molar-refractivity contribution in [3.8, 4) is 5.75 Å². The van der Waals surface area contributed by atoms with Crippen molar-refractivity contribution < 1.29 is 4.74 Å². The van der Waals surface area contributed by atoms with Gasteiger partial charge in [0, 0.05) is 5.02 Å². The molecule has 17 heavy (non-hydrogen) atoms. The summed E-state index contributed by atoms with van der Waals surface area (Å²) in [5, 5.41) is 1.15. The number of benzene rings is 1. The lowest BCUT2D eigenvalue weighted by atomic mass is 10.3. The first kappa shape index (κ1) is 18.7. The van der Waals surface area contributed by atoms with Crippen molar-refractivity contribution in [1.29, 1.82) is 0 Å². The molecule has 0 unspecified atom stereocenters. The standard InChI is InChI=1S/C10H10Cl2O.2C2H6/c1-2-3-6-13-10-5-4-8(11)7-9(10)12;2*1-2/h2-5,7H,6H2,1H3;2*1-2H3/b3-2-;;. The summed E-state index contributed by atoms with van der Waals surface area (Å²) in [4.78, 5) is 0. The van der Waals surface area contributed by atoms with E-state index in [0.717, 1.165) is 0 Å². The van der Waals surface area contributed by atoms with Crippen molar-refractivity contribution in [3.05, 3.63) is 40.4 Å². The highest BCUT2D eigenvalue weighted by Crippen LogP contribution is 2.27. The Kier molecular flexibility index (Phi) is 14.7. The molecule has 1 aromatic rings. The molecule has 0 fully saturated rings. The van der Waals surface area contributed by atoms with E-state index in [9.17, 15) is 0 Å². The molecule has 0 bridgehead atoms. The summed E-state index contributed by atoms with van der Waals surface area (Å²) in [7, 11) is 0. The molecule has 0 heterocycles. The van der Waals surface area contributed by atoms with Crippen LogP contribution >= 0.6 is 23.2 Å². The molecule has 0 aromatic heterocycles. The highest BCUT2D eigenvalue weighted by atomic mass is 35.5. The summed E-state index contributed by atoms with van der Waals surface area (Å²) < 4.78 is 5.35. The van der Waals surface area contributed by atoms with Gasteiger partial charge in [0.15, 0.2) is 0 Å². The molecule has 3 heteroatoms. The molecule has 0 aliphatic heterocycles. The molecule has 1 nitrogen and oxygen atoms in total. The Balaban J connectivity index is 0. The molecule has 0 spiro atoms. The maximum atomic E-state index is 5.87. The molecule has 98 valence electrons. The molecular weight excluding hydrogens is 255 g/mol. The number of rotatable bonds is 3. The number of hydrogen-bond donors (Lipinski definition) is 0. The van der Waals surface area contributed by atoms with Gasteiger partial charge in [-0.25, -0.2) is 0 Å². The molecule has 0 N–H and O–H groups in total. The van der Waals surface area contributed by atoms with Crippen LogP contribution in [0.5, 0.6) is 5.75 Å². The van der Waals surface area contributed by atoms with Crippen LogP contribution in [-0.4, -0.2) is 6.61 Å². The Hall–Kier alpha value is -0.660. The zero-order valence-corrected chi connectivity index (χ0v) is 12.8. The third-order valence-corrected chi connectivity index (χ3v) is 2.00. The molecule has 0 radical (unpaired) electrons.